The van der Waals surface area contributed by atoms with Crippen molar-refractivity contribution in [3.63, 3.8) is 0 Å². The van der Waals surface area contributed by atoms with E-state index in [2.05, 4.69) is 10.00 Å². The molecule has 0 aliphatic carbocycles. The first kappa shape index (κ1) is 26.7. The summed E-state index contributed by atoms with van der Waals surface area (Å²) < 4.78 is 38.3. The van der Waals surface area contributed by atoms with Crippen molar-refractivity contribution in [2.45, 2.75) is 66.2 Å². The molecule has 3 heterocycles. The minimum atomic E-state index is -2.90. The number of ether oxygens (including phenoxy) is 2. The van der Waals surface area contributed by atoms with Crippen LogP contribution in [0.15, 0.2) is 12.1 Å². The molecule has 4 rings (SSSR count). The van der Waals surface area contributed by atoms with Crippen molar-refractivity contribution >= 4 is 17.5 Å². The summed E-state index contributed by atoms with van der Waals surface area (Å²) in [6.45, 7) is 7.17. The molecule has 0 atom stereocenters. The van der Waals surface area contributed by atoms with Crippen molar-refractivity contribution < 1.29 is 23.0 Å². The number of hydrogen-bond acceptors (Lipinski definition) is 5. The Labute approximate surface area is 206 Å². The Morgan fingerprint density at radius 1 is 1.26 bits per heavy atom. The van der Waals surface area contributed by atoms with E-state index in [1.165, 1.54) is 0 Å². The van der Waals surface area contributed by atoms with E-state index >= 15 is 0 Å². The van der Waals surface area contributed by atoms with E-state index in [4.69, 9.17) is 14.6 Å². The van der Waals surface area contributed by atoms with Crippen molar-refractivity contribution in [3.8, 4) is 5.75 Å². The molecule has 2 aromatic rings. The van der Waals surface area contributed by atoms with Crippen LogP contribution in [0.2, 0.25) is 0 Å². The Bertz CT molecular complexity index is 1020. The number of anilines is 2. The van der Waals surface area contributed by atoms with Crippen molar-refractivity contribution in [2.24, 2.45) is 0 Å². The van der Waals surface area contributed by atoms with E-state index in [9.17, 15) is 13.6 Å². The minimum Gasteiger partial charge on any atom is -0.434 e. The molecular formula is C25H37F2N5O3. The van der Waals surface area contributed by atoms with E-state index in [-0.39, 0.29) is 17.8 Å². The lowest BCUT2D eigenvalue weighted by Gasteiger charge is -2.30. The van der Waals surface area contributed by atoms with Gasteiger partial charge in [-0.25, -0.2) is 4.79 Å². The molecule has 2 amide bonds. The van der Waals surface area contributed by atoms with Crippen LogP contribution in [0.25, 0.3) is 0 Å². The number of aromatic nitrogens is 2. The van der Waals surface area contributed by atoms with Crippen LogP contribution in [-0.2, 0) is 17.7 Å². The van der Waals surface area contributed by atoms with Gasteiger partial charge in [0.2, 0.25) is 0 Å². The number of hydrogen-bond donors (Lipinski definition) is 1. The number of amides is 2. The van der Waals surface area contributed by atoms with Gasteiger partial charge < -0.3 is 24.6 Å². The molecule has 1 N–H and O–H groups in total. The normalized spacial score (nSPS) is 15.9. The third kappa shape index (κ3) is 5.69. The largest absolute Gasteiger partial charge is 0.434 e. The maximum absolute atomic E-state index is 13.0. The number of urea groups is 1. The smallest absolute Gasteiger partial charge is 0.387 e. The van der Waals surface area contributed by atoms with Crippen molar-refractivity contribution in [1.29, 1.82) is 0 Å². The summed E-state index contributed by atoms with van der Waals surface area (Å²) in [5.74, 6) is 0.868. The highest BCUT2D eigenvalue weighted by molar-refractivity contribution is 5.75. The third-order valence-electron chi connectivity index (χ3n) is 6.63. The topological polar surface area (TPSA) is 71.9 Å². The molecule has 0 spiro atoms. The molecule has 0 saturated carbocycles. The van der Waals surface area contributed by atoms with Crippen molar-refractivity contribution in [1.82, 2.24) is 20.0 Å². The van der Waals surface area contributed by atoms with E-state index in [1.807, 2.05) is 38.8 Å². The molecular weight excluding hydrogens is 456 g/mol. The molecule has 1 fully saturated rings. The van der Waals surface area contributed by atoms with Gasteiger partial charge in [0, 0.05) is 63.3 Å². The van der Waals surface area contributed by atoms with Crippen LogP contribution >= 0.6 is 0 Å². The van der Waals surface area contributed by atoms with Crippen LogP contribution in [0, 0.1) is 13.8 Å². The van der Waals surface area contributed by atoms with Gasteiger partial charge in [0.05, 0.1) is 12.6 Å². The highest BCUT2D eigenvalue weighted by Crippen LogP contribution is 2.38. The zero-order valence-electron chi connectivity index (χ0n) is 21.5. The molecule has 10 heteroatoms. The number of aryl methyl sites for hydroxylation is 1. The van der Waals surface area contributed by atoms with Crippen LogP contribution in [0.4, 0.5) is 25.1 Å². The van der Waals surface area contributed by atoms with Gasteiger partial charge in [-0.1, -0.05) is 13.8 Å². The van der Waals surface area contributed by atoms with Gasteiger partial charge in [-0.3, -0.25) is 4.68 Å². The standard InChI is InChI=1S/C23H31F2N5O3.C2H6/c1-14-11-17(12-20(15(14)2)33-22(24)25)28(4)21-18-13-29(23(31)26-3)8-5-19(18)30(27-21)16-6-9-32-10-7-16;1-2/h11-12,16,22H,5-10,13H2,1-4H3,(H,26,31);1-2H3. The molecule has 1 saturated heterocycles. The van der Waals surface area contributed by atoms with E-state index in [0.29, 0.717) is 44.0 Å². The molecule has 0 unspecified atom stereocenters. The Morgan fingerprint density at radius 2 is 1.94 bits per heavy atom. The van der Waals surface area contributed by atoms with Crippen LogP contribution in [-0.4, -0.2) is 61.2 Å². The van der Waals surface area contributed by atoms with Crippen molar-refractivity contribution in [3.05, 3.63) is 34.5 Å². The maximum atomic E-state index is 13.0. The third-order valence-corrected chi connectivity index (χ3v) is 6.63. The Hall–Kier alpha value is -2.88. The number of nitrogens with zero attached hydrogens (tertiary/aromatic N) is 4. The summed E-state index contributed by atoms with van der Waals surface area (Å²) >= 11 is 0. The number of carbonyl (C=O) groups excluding carboxylic acids is 1. The number of nitrogens with one attached hydrogen (secondary N) is 1. The van der Waals surface area contributed by atoms with Gasteiger partial charge in [0.25, 0.3) is 0 Å². The summed E-state index contributed by atoms with van der Waals surface area (Å²) in [5, 5.41) is 7.69. The highest BCUT2D eigenvalue weighted by Gasteiger charge is 2.32. The molecule has 8 nitrogen and oxygen atoms in total. The first-order chi connectivity index (χ1) is 16.8. The second kappa shape index (κ2) is 11.7. The second-order valence-corrected chi connectivity index (χ2v) is 8.59. The minimum absolute atomic E-state index is 0.133. The fourth-order valence-corrected chi connectivity index (χ4v) is 4.60. The summed E-state index contributed by atoms with van der Waals surface area (Å²) in [6.07, 6.45) is 2.46. The number of carbonyl (C=O) groups is 1. The summed E-state index contributed by atoms with van der Waals surface area (Å²) in [7, 11) is 3.49. The number of fused-ring (bicyclic) bond motifs is 1. The fourth-order valence-electron chi connectivity index (χ4n) is 4.60. The van der Waals surface area contributed by atoms with E-state index < -0.39 is 6.61 Å². The molecule has 194 valence electrons. The lowest BCUT2D eigenvalue weighted by molar-refractivity contribution is -0.0502. The van der Waals surface area contributed by atoms with E-state index in [0.717, 1.165) is 35.5 Å². The lowest BCUT2D eigenvalue weighted by atomic mass is 10.0. The monoisotopic (exact) mass is 493 g/mol. The summed E-state index contributed by atoms with van der Waals surface area (Å²) in [6, 6.07) is 3.66. The van der Waals surface area contributed by atoms with Crippen LogP contribution in [0.1, 0.15) is 55.1 Å². The molecule has 0 bridgehead atoms. The van der Waals surface area contributed by atoms with Gasteiger partial charge in [0.15, 0.2) is 5.82 Å². The summed E-state index contributed by atoms with van der Waals surface area (Å²) in [4.78, 5) is 16.0. The Kier molecular flexibility index (Phi) is 8.93. The zero-order valence-corrected chi connectivity index (χ0v) is 21.5. The predicted molar refractivity (Wildman–Crippen MR) is 132 cm³/mol. The number of rotatable bonds is 5. The molecule has 0 radical (unpaired) electrons. The Balaban J connectivity index is 0.00000167. The highest BCUT2D eigenvalue weighted by atomic mass is 19.3. The van der Waals surface area contributed by atoms with Gasteiger partial charge in [-0.2, -0.15) is 13.9 Å². The van der Waals surface area contributed by atoms with E-state index in [1.54, 1.807) is 24.9 Å². The number of alkyl halides is 2. The molecule has 2 aliphatic rings. The average molecular weight is 494 g/mol. The SMILES string of the molecule is CC.CNC(=O)N1CCc2c(c(N(C)c3cc(C)c(C)c(OC(F)F)c3)nn2C2CCOCC2)C1. The predicted octanol–water partition coefficient (Wildman–Crippen LogP) is 4.94. The fraction of sp³-hybridized carbons (Fsp3) is 0.600. The first-order valence-corrected chi connectivity index (χ1v) is 12.2. The average Bonchev–Trinajstić information content (AvgIpc) is 3.26. The number of benzene rings is 1. The van der Waals surface area contributed by atoms with Gasteiger partial charge >= 0.3 is 12.6 Å². The molecule has 1 aromatic heterocycles. The maximum Gasteiger partial charge on any atom is 0.387 e. The lowest BCUT2D eigenvalue weighted by Crippen LogP contribution is -2.41. The number of halogens is 2. The van der Waals surface area contributed by atoms with Gasteiger partial charge in [-0.05, 0) is 43.9 Å². The molecule has 2 aliphatic heterocycles. The Morgan fingerprint density at radius 3 is 2.57 bits per heavy atom. The second-order valence-electron chi connectivity index (χ2n) is 8.59. The van der Waals surface area contributed by atoms with Gasteiger partial charge in [-0.15, -0.1) is 0 Å². The summed E-state index contributed by atoms with van der Waals surface area (Å²) in [5.41, 5.74) is 4.32. The van der Waals surface area contributed by atoms with Crippen LogP contribution < -0.4 is 15.0 Å². The zero-order chi connectivity index (χ0) is 25.7. The van der Waals surface area contributed by atoms with Gasteiger partial charge in [0.1, 0.15) is 5.75 Å². The molecule has 1 aromatic carbocycles. The quantitative estimate of drug-likeness (QED) is 0.639. The molecule has 35 heavy (non-hydrogen) atoms. The first-order valence-electron chi connectivity index (χ1n) is 12.2. The van der Waals surface area contributed by atoms with Crippen LogP contribution in [0.3, 0.4) is 0 Å². The van der Waals surface area contributed by atoms with Crippen molar-refractivity contribution in [2.75, 3.05) is 38.8 Å². The van der Waals surface area contributed by atoms with Crippen LogP contribution in [0.5, 0.6) is 5.75 Å².